The van der Waals surface area contributed by atoms with E-state index in [0.29, 0.717) is 45.7 Å². The first-order valence-electron chi connectivity index (χ1n) is 10.5. The maximum Gasteiger partial charge on any atom is 0.283 e. The van der Waals surface area contributed by atoms with E-state index < -0.39 is 11.4 Å². The number of hydrogen-bond donors (Lipinski definition) is 1. The highest BCUT2D eigenvalue weighted by molar-refractivity contribution is 6.30. The molecule has 33 heavy (non-hydrogen) atoms. The molecule has 1 atom stereocenters. The van der Waals surface area contributed by atoms with Crippen molar-refractivity contribution in [1.82, 2.24) is 4.98 Å². The van der Waals surface area contributed by atoms with E-state index in [-0.39, 0.29) is 18.0 Å². The molecule has 6 nitrogen and oxygen atoms in total. The summed E-state index contributed by atoms with van der Waals surface area (Å²) in [4.78, 5) is 9.14. The Morgan fingerprint density at radius 1 is 1.15 bits per heavy atom. The summed E-state index contributed by atoms with van der Waals surface area (Å²) < 4.78 is 32.3. The molecule has 2 aromatic carbocycles. The van der Waals surface area contributed by atoms with Gasteiger partial charge < -0.3 is 19.9 Å². The third-order valence-corrected chi connectivity index (χ3v) is 5.78. The van der Waals surface area contributed by atoms with E-state index >= 15 is 0 Å². The van der Waals surface area contributed by atoms with Crippen LogP contribution in [0.5, 0.6) is 17.4 Å². The number of nitrogens with zero attached hydrogens (tertiary/aromatic N) is 2. The van der Waals surface area contributed by atoms with Crippen molar-refractivity contribution in [3.05, 3.63) is 70.6 Å². The van der Waals surface area contributed by atoms with Gasteiger partial charge in [0.2, 0.25) is 5.88 Å². The molecule has 2 aliphatic rings. The predicted molar refractivity (Wildman–Crippen MR) is 124 cm³/mol. The highest BCUT2D eigenvalue weighted by atomic mass is 35.5. The SMILES string of the molecule is CC(C)(C)COc1ccc2c(c1)[C@]1(COC(N)=N1)c1cc(-c3cc(Cl)ccc3F)cnc1O2. The summed E-state index contributed by atoms with van der Waals surface area (Å²) in [5, 5.41) is 0.424. The molecule has 5 rings (SSSR count). The van der Waals surface area contributed by atoms with Crippen molar-refractivity contribution in [3.8, 4) is 28.5 Å². The summed E-state index contributed by atoms with van der Waals surface area (Å²) in [5.41, 5.74) is 7.20. The van der Waals surface area contributed by atoms with Crippen molar-refractivity contribution >= 4 is 17.6 Å². The topological polar surface area (TPSA) is 79.0 Å². The Kier molecular flexibility index (Phi) is 4.97. The molecule has 0 saturated carbocycles. The molecule has 0 unspecified atom stereocenters. The highest BCUT2D eigenvalue weighted by Crippen LogP contribution is 2.51. The molecule has 0 amide bonds. The molecule has 170 valence electrons. The molecule has 0 saturated heterocycles. The van der Waals surface area contributed by atoms with Gasteiger partial charge in [0.1, 0.15) is 23.9 Å². The lowest BCUT2D eigenvalue weighted by molar-refractivity contribution is 0.197. The minimum atomic E-state index is -0.994. The van der Waals surface area contributed by atoms with Gasteiger partial charge in [-0.3, -0.25) is 0 Å². The lowest BCUT2D eigenvalue weighted by Crippen LogP contribution is -2.31. The lowest BCUT2D eigenvalue weighted by atomic mass is 9.81. The zero-order valence-electron chi connectivity index (χ0n) is 18.5. The quantitative estimate of drug-likeness (QED) is 0.537. The van der Waals surface area contributed by atoms with Crippen LogP contribution in [-0.2, 0) is 10.3 Å². The monoisotopic (exact) mass is 467 g/mol. The molecule has 3 aromatic rings. The summed E-state index contributed by atoms with van der Waals surface area (Å²) in [6.45, 7) is 7.00. The van der Waals surface area contributed by atoms with Gasteiger partial charge in [0.15, 0.2) is 5.54 Å². The Labute approximate surface area is 196 Å². The number of aromatic nitrogens is 1. The van der Waals surface area contributed by atoms with Gasteiger partial charge in [-0.2, -0.15) is 0 Å². The average molecular weight is 468 g/mol. The molecular weight excluding hydrogens is 445 g/mol. The number of nitrogens with two attached hydrogens (primary N) is 1. The summed E-state index contributed by atoms with van der Waals surface area (Å²) in [6.07, 6.45) is 1.55. The van der Waals surface area contributed by atoms with E-state index in [1.807, 2.05) is 18.2 Å². The Morgan fingerprint density at radius 2 is 1.97 bits per heavy atom. The molecule has 2 N–H and O–H groups in total. The average Bonchev–Trinajstić information content (AvgIpc) is 3.16. The largest absolute Gasteiger partial charge is 0.493 e. The first-order valence-corrected chi connectivity index (χ1v) is 10.9. The summed E-state index contributed by atoms with van der Waals surface area (Å²) in [5.74, 6) is 1.22. The summed E-state index contributed by atoms with van der Waals surface area (Å²) in [6, 6.07) is 11.8. The molecule has 1 aromatic heterocycles. The normalized spacial score (nSPS) is 18.8. The second kappa shape index (κ2) is 7.63. The lowest BCUT2D eigenvalue weighted by Gasteiger charge is -2.33. The van der Waals surface area contributed by atoms with Gasteiger partial charge in [0.05, 0.1) is 12.2 Å². The van der Waals surface area contributed by atoms with Gasteiger partial charge in [-0.15, -0.1) is 0 Å². The van der Waals surface area contributed by atoms with Crippen LogP contribution in [-0.4, -0.2) is 24.2 Å². The Morgan fingerprint density at radius 3 is 2.70 bits per heavy atom. The smallest absolute Gasteiger partial charge is 0.283 e. The van der Waals surface area contributed by atoms with E-state index in [2.05, 4.69) is 30.7 Å². The van der Waals surface area contributed by atoms with Crippen molar-refractivity contribution < 1.29 is 18.6 Å². The fraction of sp³-hybridized carbons (Fsp3) is 0.280. The number of aliphatic imine (C=N–C) groups is 1. The second-order valence-electron chi connectivity index (χ2n) is 9.41. The minimum absolute atomic E-state index is 0.00437. The van der Waals surface area contributed by atoms with E-state index in [4.69, 9.17) is 31.5 Å². The zero-order chi connectivity index (χ0) is 23.4. The number of rotatable bonds is 3. The van der Waals surface area contributed by atoms with Crippen LogP contribution in [0.2, 0.25) is 5.02 Å². The standard InChI is InChI=1S/C25H23ClFN3O3/c1-24(2,3)12-31-16-5-7-21-18(10-16)25(13-32-23(28)30-25)19-8-14(11-29-22(19)33-21)17-9-15(26)4-6-20(17)27/h4-11H,12-13H2,1-3H3,(H2,28,30)/t25-/m1/s1. The van der Waals surface area contributed by atoms with Crippen LogP contribution in [0.4, 0.5) is 4.39 Å². The van der Waals surface area contributed by atoms with E-state index in [1.165, 1.54) is 12.1 Å². The van der Waals surface area contributed by atoms with Crippen LogP contribution in [0, 0.1) is 11.2 Å². The van der Waals surface area contributed by atoms with Crippen molar-refractivity contribution in [2.75, 3.05) is 13.2 Å². The molecule has 0 fully saturated rings. The number of pyridine rings is 1. The van der Waals surface area contributed by atoms with Crippen molar-refractivity contribution in [1.29, 1.82) is 0 Å². The van der Waals surface area contributed by atoms with Gasteiger partial charge in [-0.25, -0.2) is 14.4 Å². The molecule has 1 spiro atoms. The van der Waals surface area contributed by atoms with Crippen LogP contribution in [0.15, 0.2) is 53.7 Å². The third-order valence-electron chi connectivity index (χ3n) is 5.54. The van der Waals surface area contributed by atoms with Crippen molar-refractivity contribution in [3.63, 3.8) is 0 Å². The Bertz CT molecular complexity index is 1290. The molecule has 0 radical (unpaired) electrons. The van der Waals surface area contributed by atoms with Crippen LogP contribution >= 0.6 is 11.6 Å². The minimum Gasteiger partial charge on any atom is -0.493 e. The van der Waals surface area contributed by atoms with Gasteiger partial charge in [0, 0.05) is 27.9 Å². The van der Waals surface area contributed by atoms with Crippen LogP contribution in [0.3, 0.4) is 0 Å². The predicted octanol–water partition coefficient (Wildman–Crippen LogP) is 5.66. The van der Waals surface area contributed by atoms with E-state index in [0.717, 1.165) is 5.56 Å². The molecule has 3 heterocycles. The number of hydrogen-bond acceptors (Lipinski definition) is 6. The zero-order valence-corrected chi connectivity index (χ0v) is 19.2. The van der Waals surface area contributed by atoms with Gasteiger partial charge in [0.25, 0.3) is 6.02 Å². The van der Waals surface area contributed by atoms with Gasteiger partial charge in [-0.1, -0.05) is 32.4 Å². The first-order chi connectivity index (χ1) is 15.6. The molecular formula is C25H23ClFN3O3. The number of halogens is 2. The third kappa shape index (κ3) is 3.86. The second-order valence-corrected chi connectivity index (χ2v) is 9.85. The number of fused-ring (bicyclic) bond motifs is 4. The Balaban J connectivity index is 1.64. The maximum absolute atomic E-state index is 14.6. The van der Waals surface area contributed by atoms with Crippen molar-refractivity contribution in [2.24, 2.45) is 16.1 Å². The number of benzene rings is 2. The van der Waals surface area contributed by atoms with Crippen LogP contribution in [0.25, 0.3) is 11.1 Å². The first kappa shape index (κ1) is 21.5. The van der Waals surface area contributed by atoms with Gasteiger partial charge in [-0.05, 0) is 47.9 Å². The molecule has 0 bridgehead atoms. The summed E-state index contributed by atoms with van der Waals surface area (Å²) >= 11 is 6.11. The molecule has 2 aliphatic heterocycles. The van der Waals surface area contributed by atoms with E-state index in [9.17, 15) is 4.39 Å². The Hall–Kier alpha value is -3.32. The highest BCUT2D eigenvalue weighted by Gasteiger charge is 2.48. The number of amidine groups is 1. The number of ether oxygens (including phenoxy) is 3. The maximum atomic E-state index is 14.6. The van der Waals surface area contributed by atoms with Crippen molar-refractivity contribution in [2.45, 2.75) is 26.3 Å². The summed E-state index contributed by atoms with van der Waals surface area (Å²) in [7, 11) is 0. The van der Waals surface area contributed by atoms with Crippen LogP contribution < -0.4 is 15.2 Å². The fourth-order valence-electron chi connectivity index (χ4n) is 3.96. The molecule has 8 heteroatoms. The molecule has 0 aliphatic carbocycles. The van der Waals surface area contributed by atoms with Gasteiger partial charge >= 0.3 is 0 Å². The van der Waals surface area contributed by atoms with Crippen LogP contribution in [0.1, 0.15) is 31.9 Å². The van der Waals surface area contributed by atoms with E-state index in [1.54, 1.807) is 18.3 Å². The fourth-order valence-corrected chi connectivity index (χ4v) is 4.14.